The van der Waals surface area contributed by atoms with E-state index in [1.54, 1.807) is 0 Å². The third-order valence-electron chi connectivity index (χ3n) is 2.02. The second-order valence-corrected chi connectivity index (χ2v) is 3.96. The molecule has 3 N–H and O–H groups in total. The Kier molecular flexibility index (Phi) is 8.57. The Morgan fingerprint density at radius 3 is 2.31 bits per heavy atom. The number of rotatable bonds is 6. The van der Waals surface area contributed by atoms with Crippen LogP contribution in [0.3, 0.4) is 0 Å². The minimum atomic E-state index is -1.37. The standard InChI is InChI=1S/C9H17NO5.Li/c1-9(2,5-11)7(14)8(15)10-4-3-6(12)13;/h7,11,14H,3-5H2,1-2H3,(H,10,15)(H,12,13);/q;+1/p-1/t7-;/m0./s1. The fourth-order valence-corrected chi connectivity index (χ4v) is 0.826. The Morgan fingerprint density at radius 1 is 1.44 bits per heavy atom. The number of carbonyl (C=O) groups is 2. The molecule has 0 aliphatic rings. The number of nitrogens with one attached hydrogen (secondary N) is 1. The molecule has 16 heavy (non-hydrogen) atoms. The van der Waals surface area contributed by atoms with Gasteiger partial charge in [-0.15, -0.1) is 0 Å². The van der Waals surface area contributed by atoms with Crippen molar-refractivity contribution in [3.05, 3.63) is 0 Å². The molecule has 0 radical (unpaired) electrons. The topological polar surface area (TPSA) is 110 Å². The molecular weight excluding hydrogens is 209 g/mol. The van der Waals surface area contributed by atoms with Crippen LogP contribution in [-0.2, 0) is 9.59 Å². The molecule has 7 heteroatoms. The van der Waals surface area contributed by atoms with Crippen LogP contribution >= 0.6 is 0 Å². The van der Waals surface area contributed by atoms with E-state index in [4.69, 9.17) is 5.11 Å². The zero-order chi connectivity index (χ0) is 12.1. The van der Waals surface area contributed by atoms with E-state index in [0.29, 0.717) is 0 Å². The quantitative estimate of drug-likeness (QED) is 0.391. The van der Waals surface area contributed by atoms with Gasteiger partial charge >= 0.3 is 18.9 Å². The van der Waals surface area contributed by atoms with Crippen molar-refractivity contribution >= 4 is 11.9 Å². The van der Waals surface area contributed by atoms with Gasteiger partial charge in [0.05, 0.1) is 6.61 Å². The normalized spacial score (nSPS) is 12.5. The Bertz CT molecular complexity index is 244. The zero-order valence-corrected chi connectivity index (χ0v) is 9.82. The van der Waals surface area contributed by atoms with Crippen molar-refractivity contribution < 1.29 is 43.8 Å². The van der Waals surface area contributed by atoms with Gasteiger partial charge < -0.3 is 25.4 Å². The molecule has 0 saturated carbocycles. The number of aliphatic hydroxyl groups is 2. The Balaban J connectivity index is 0. The summed E-state index contributed by atoms with van der Waals surface area (Å²) in [4.78, 5) is 21.3. The molecule has 0 aromatic heterocycles. The molecule has 6 nitrogen and oxygen atoms in total. The van der Waals surface area contributed by atoms with E-state index >= 15 is 0 Å². The summed E-state index contributed by atoms with van der Waals surface area (Å²) in [5.74, 6) is -1.97. The van der Waals surface area contributed by atoms with Crippen LogP contribution in [0.25, 0.3) is 0 Å². The van der Waals surface area contributed by atoms with Gasteiger partial charge in [-0.25, -0.2) is 0 Å². The van der Waals surface area contributed by atoms with Crippen molar-refractivity contribution in [2.24, 2.45) is 5.41 Å². The maximum Gasteiger partial charge on any atom is 1.00 e. The smallest absolute Gasteiger partial charge is 0.550 e. The predicted octanol–water partition coefficient (Wildman–Crippen LogP) is -5.37. The largest absolute Gasteiger partial charge is 1.00 e. The summed E-state index contributed by atoms with van der Waals surface area (Å²) in [5.41, 5.74) is -0.953. The molecule has 0 aromatic rings. The maximum absolute atomic E-state index is 11.2. The van der Waals surface area contributed by atoms with E-state index in [2.05, 4.69) is 5.32 Å². The Hall–Kier alpha value is -0.543. The number of carbonyl (C=O) groups excluding carboxylic acids is 2. The van der Waals surface area contributed by atoms with Crippen LogP contribution < -0.4 is 29.3 Å². The molecule has 0 heterocycles. The molecule has 0 aliphatic heterocycles. The van der Waals surface area contributed by atoms with E-state index < -0.39 is 23.4 Å². The van der Waals surface area contributed by atoms with Gasteiger partial charge in [0.15, 0.2) is 0 Å². The van der Waals surface area contributed by atoms with Gasteiger partial charge in [0, 0.05) is 24.3 Å². The van der Waals surface area contributed by atoms with Crippen molar-refractivity contribution in [1.29, 1.82) is 0 Å². The van der Waals surface area contributed by atoms with Crippen molar-refractivity contribution in [1.82, 2.24) is 5.32 Å². The summed E-state index contributed by atoms with van der Waals surface area (Å²) >= 11 is 0. The number of hydrogen-bond donors (Lipinski definition) is 3. The molecule has 0 rings (SSSR count). The van der Waals surface area contributed by atoms with E-state index in [0.717, 1.165) is 0 Å². The molecule has 0 spiro atoms. The first-order valence-electron chi connectivity index (χ1n) is 4.57. The molecule has 1 atom stereocenters. The third-order valence-corrected chi connectivity index (χ3v) is 2.02. The second kappa shape index (κ2) is 7.69. The first kappa shape index (κ1) is 17.8. The van der Waals surface area contributed by atoms with E-state index in [1.165, 1.54) is 13.8 Å². The van der Waals surface area contributed by atoms with Crippen LogP contribution in [0.4, 0.5) is 0 Å². The van der Waals surface area contributed by atoms with Crippen LogP contribution in [0.5, 0.6) is 0 Å². The monoisotopic (exact) mass is 225 g/mol. The summed E-state index contributed by atoms with van der Waals surface area (Å²) < 4.78 is 0. The van der Waals surface area contributed by atoms with Gasteiger partial charge in [-0.05, 0) is 0 Å². The van der Waals surface area contributed by atoms with Crippen molar-refractivity contribution in [3.63, 3.8) is 0 Å². The van der Waals surface area contributed by atoms with Gasteiger partial charge in [-0.1, -0.05) is 13.8 Å². The molecule has 0 aromatic carbocycles. The molecule has 0 aliphatic carbocycles. The van der Waals surface area contributed by atoms with Gasteiger partial charge in [0.25, 0.3) is 0 Å². The van der Waals surface area contributed by atoms with Gasteiger partial charge in [0.1, 0.15) is 6.10 Å². The van der Waals surface area contributed by atoms with E-state index in [9.17, 15) is 19.8 Å². The molecule has 1 amide bonds. The van der Waals surface area contributed by atoms with Gasteiger partial charge in [-0.2, -0.15) is 0 Å². The Labute approximate surface area is 106 Å². The first-order chi connectivity index (χ1) is 6.81. The molecule has 88 valence electrons. The van der Waals surface area contributed by atoms with Crippen molar-refractivity contribution in [2.75, 3.05) is 13.2 Å². The fourth-order valence-electron chi connectivity index (χ4n) is 0.826. The van der Waals surface area contributed by atoms with E-state index in [1.807, 2.05) is 0 Å². The van der Waals surface area contributed by atoms with Crippen LogP contribution in [0.15, 0.2) is 0 Å². The van der Waals surface area contributed by atoms with Crippen molar-refractivity contribution in [3.8, 4) is 0 Å². The number of hydrogen-bond acceptors (Lipinski definition) is 5. The molecular formula is C9H16LiNO5. The number of carboxylic acids is 1. The van der Waals surface area contributed by atoms with Gasteiger partial charge in [-0.3, -0.25) is 4.79 Å². The predicted molar refractivity (Wildman–Crippen MR) is 49.5 cm³/mol. The average molecular weight is 225 g/mol. The van der Waals surface area contributed by atoms with Crippen LogP contribution in [0, 0.1) is 5.41 Å². The SMILES string of the molecule is CC(C)(CO)[C@@H](O)C(=O)NCCC(=O)[O-].[Li+]. The van der Waals surface area contributed by atoms with Crippen molar-refractivity contribution in [2.45, 2.75) is 26.4 Å². The minimum Gasteiger partial charge on any atom is -0.550 e. The fraction of sp³-hybridized carbons (Fsp3) is 0.778. The summed E-state index contributed by atoms with van der Waals surface area (Å²) in [6.45, 7) is 2.60. The van der Waals surface area contributed by atoms with Gasteiger partial charge in [0.2, 0.25) is 5.91 Å². The number of aliphatic hydroxyl groups excluding tert-OH is 2. The molecule has 0 unspecified atom stereocenters. The maximum atomic E-state index is 11.2. The van der Waals surface area contributed by atoms with Crippen LogP contribution in [0.2, 0.25) is 0 Å². The third kappa shape index (κ3) is 6.13. The second-order valence-electron chi connectivity index (χ2n) is 3.96. The molecule has 0 bridgehead atoms. The molecule has 0 saturated heterocycles. The average Bonchev–Trinajstić information content (AvgIpc) is 2.15. The number of carboxylic acid groups (broad SMARTS) is 1. The number of aliphatic carboxylic acids is 1. The first-order valence-corrected chi connectivity index (χ1v) is 4.57. The molecule has 0 fully saturated rings. The summed E-state index contributed by atoms with van der Waals surface area (Å²) in [6.07, 6.45) is -1.68. The van der Waals surface area contributed by atoms with E-state index in [-0.39, 0.29) is 38.4 Å². The summed E-state index contributed by atoms with van der Waals surface area (Å²) in [6, 6.07) is 0. The summed E-state index contributed by atoms with van der Waals surface area (Å²) in [7, 11) is 0. The van der Waals surface area contributed by atoms with Crippen LogP contribution in [0.1, 0.15) is 20.3 Å². The number of amides is 1. The zero-order valence-electron chi connectivity index (χ0n) is 9.82. The Morgan fingerprint density at radius 2 is 1.94 bits per heavy atom. The summed E-state index contributed by atoms with van der Waals surface area (Å²) in [5, 5.41) is 30.6. The van der Waals surface area contributed by atoms with Crippen LogP contribution in [-0.4, -0.2) is 41.3 Å². The minimum absolute atomic E-state index is 0.